The Morgan fingerprint density at radius 3 is 2.95 bits per heavy atom. The van der Waals surface area contributed by atoms with Crippen LogP contribution in [0.5, 0.6) is 0 Å². The number of anilines is 1. The van der Waals surface area contributed by atoms with E-state index in [-0.39, 0.29) is 6.04 Å². The highest BCUT2D eigenvalue weighted by Crippen LogP contribution is 2.27. The van der Waals surface area contributed by atoms with Crippen LogP contribution in [0.2, 0.25) is 0 Å². The van der Waals surface area contributed by atoms with E-state index in [2.05, 4.69) is 53.0 Å². The Morgan fingerprint density at radius 1 is 1.50 bits per heavy atom. The van der Waals surface area contributed by atoms with Crippen LogP contribution in [-0.2, 0) is 11.2 Å². The molecule has 0 spiro atoms. The molecule has 4 heteroatoms. The highest BCUT2D eigenvalue weighted by Gasteiger charge is 2.18. The van der Waals surface area contributed by atoms with Gasteiger partial charge in [-0.1, -0.05) is 22.0 Å². The van der Waals surface area contributed by atoms with Crippen molar-refractivity contribution >= 4 is 21.6 Å². The van der Waals surface area contributed by atoms with Crippen molar-refractivity contribution < 1.29 is 4.74 Å². The lowest BCUT2D eigenvalue weighted by atomic mass is 10.00. The van der Waals surface area contributed by atoms with E-state index in [0.717, 1.165) is 30.7 Å². The van der Waals surface area contributed by atoms with E-state index < -0.39 is 0 Å². The molecule has 0 saturated carbocycles. The second-order valence-electron chi connectivity index (χ2n) is 5.92. The van der Waals surface area contributed by atoms with Crippen molar-refractivity contribution in [3.8, 4) is 0 Å². The summed E-state index contributed by atoms with van der Waals surface area (Å²) in [5.41, 5.74) is 8.57. The minimum Gasteiger partial charge on any atom is -0.381 e. The van der Waals surface area contributed by atoms with E-state index in [1.807, 2.05) is 0 Å². The minimum atomic E-state index is 0.182. The second-order valence-corrected chi connectivity index (χ2v) is 6.83. The van der Waals surface area contributed by atoms with Crippen molar-refractivity contribution in [2.24, 2.45) is 11.7 Å². The third-order valence-electron chi connectivity index (χ3n) is 3.79. The topological polar surface area (TPSA) is 38.5 Å². The summed E-state index contributed by atoms with van der Waals surface area (Å²) in [6, 6.07) is 6.65. The molecule has 1 aromatic carbocycles. The maximum Gasteiger partial charge on any atom is 0.0511 e. The molecule has 1 aromatic rings. The number of ether oxygens (including phenoxy) is 1. The molecule has 0 radical (unpaired) electrons. The van der Waals surface area contributed by atoms with Gasteiger partial charge in [-0.15, -0.1) is 0 Å². The van der Waals surface area contributed by atoms with Crippen LogP contribution in [-0.4, -0.2) is 32.8 Å². The van der Waals surface area contributed by atoms with Crippen LogP contribution in [0.4, 0.5) is 5.69 Å². The number of benzene rings is 1. The molecule has 2 atom stereocenters. The minimum absolute atomic E-state index is 0.182. The molecule has 2 N–H and O–H groups in total. The maximum absolute atomic E-state index is 5.97. The van der Waals surface area contributed by atoms with E-state index in [9.17, 15) is 0 Å². The number of halogens is 1. The first-order valence-electron chi connectivity index (χ1n) is 7.39. The first-order valence-corrected chi connectivity index (χ1v) is 8.18. The van der Waals surface area contributed by atoms with Crippen LogP contribution in [0.3, 0.4) is 0 Å². The molecule has 0 bridgehead atoms. The highest BCUT2D eigenvalue weighted by atomic mass is 79.9. The van der Waals surface area contributed by atoms with Gasteiger partial charge in [0.1, 0.15) is 0 Å². The monoisotopic (exact) mass is 340 g/mol. The molecular formula is C16H25BrN2O. The SMILES string of the molecule is CC(N)Cc1ccc(Br)cc1N(C)CC1CCCOC1. The van der Waals surface area contributed by atoms with Gasteiger partial charge in [0.05, 0.1) is 6.61 Å². The van der Waals surface area contributed by atoms with Crippen LogP contribution in [0.25, 0.3) is 0 Å². The predicted octanol–water partition coefficient (Wildman–Crippen LogP) is 3.20. The quantitative estimate of drug-likeness (QED) is 0.894. The first kappa shape index (κ1) is 15.8. The average molecular weight is 341 g/mol. The second kappa shape index (κ2) is 7.43. The van der Waals surface area contributed by atoms with Gasteiger partial charge >= 0.3 is 0 Å². The van der Waals surface area contributed by atoms with Crippen LogP contribution < -0.4 is 10.6 Å². The van der Waals surface area contributed by atoms with E-state index in [1.165, 1.54) is 24.1 Å². The number of nitrogens with zero attached hydrogens (tertiary/aromatic N) is 1. The predicted molar refractivity (Wildman–Crippen MR) is 88.3 cm³/mol. The summed E-state index contributed by atoms with van der Waals surface area (Å²) in [6.45, 7) is 4.91. The van der Waals surface area contributed by atoms with Gasteiger partial charge in [0.2, 0.25) is 0 Å². The zero-order valence-electron chi connectivity index (χ0n) is 12.4. The molecule has 2 rings (SSSR count). The lowest BCUT2D eigenvalue weighted by Crippen LogP contribution is -2.31. The summed E-state index contributed by atoms with van der Waals surface area (Å²) >= 11 is 3.57. The Bertz CT molecular complexity index is 430. The molecule has 1 aliphatic rings. The smallest absolute Gasteiger partial charge is 0.0511 e. The number of nitrogens with two attached hydrogens (primary N) is 1. The van der Waals surface area contributed by atoms with Gasteiger partial charge in [0, 0.05) is 36.4 Å². The Balaban J connectivity index is 2.10. The molecule has 0 amide bonds. The van der Waals surface area contributed by atoms with Crippen molar-refractivity contribution in [2.75, 3.05) is 31.7 Å². The molecule has 0 aliphatic carbocycles. The largest absolute Gasteiger partial charge is 0.381 e. The fourth-order valence-corrected chi connectivity index (χ4v) is 3.20. The Morgan fingerprint density at radius 2 is 2.30 bits per heavy atom. The number of hydrogen-bond acceptors (Lipinski definition) is 3. The Labute approximate surface area is 130 Å². The lowest BCUT2D eigenvalue weighted by molar-refractivity contribution is 0.0576. The zero-order valence-corrected chi connectivity index (χ0v) is 14.0. The van der Waals surface area contributed by atoms with Gasteiger partial charge < -0.3 is 15.4 Å². The van der Waals surface area contributed by atoms with Crippen LogP contribution in [0.15, 0.2) is 22.7 Å². The first-order chi connectivity index (χ1) is 9.56. The summed E-state index contributed by atoms with van der Waals surface area (Å²) < 4.78 is 6.70. The fraction of sp³-hybridized carbons (Fsp3) is 0.625. The van der Waals surface area contributed by atoms with Crippen LogP contribution in [0, 0.1) is 5.92 Å². The summed E-state index contributed by atoms with van der Waals surface area (Å²) in [5, 5.41) is 0. The molecule has 20 heavy (non-hydrogen) atoms. The van der Waals surface area contributed by atoms with Crippen molar-refractivity contribution in [2.45, 2.75) is 32.2 Å². The van der Waals surface area contributed by atoms with E-state index in [4.69, 9.17) is 10.5 Å². The van der Waals surface area contributed by atoms with Crippen molar-refractivity contribution in [3.05, 3.63) is 28.2 Å². The molecule has 0 aromatic heterocycles. The summed E-state index contributed by atoms with van der Waals surface area (Å²) in [5.74, 6) is 0.635. The van der Waals surface area contributed by atoms with Gasteiger partial charge in [-0.05, 0) is 49.8 Å². The van der Waals surface area contributed by atoms with Gasteiger partial charge in [-0.2, -0.15) is 0 Å². The fourth-order valence-electron chi connectivity index (χ4n) is 2.85. The molecular weight excluding hydrogens is 316 g/mol. The van der Waals surface area contributed by atoms with Gasteiger partial charge in [0.15, 0.2) is 0 Å². The summed E-state index contributed by atoms with van der Waals surface area (Å²) in [4.78, 5) is 2.35. The lowest BCUT2D eigenvalue weighted by Gasteiger charge is -2.30. The van der Waals surface area contributed by atoms with Crippen LogP contribution in [0.1, 0.15) is 25.3 Å². The average Bonchev–Trinajstić information content (AvgIpc) is 2.41. The Hall–Kier alpha value is -0.580. The molecule has 1 aliphatic heterocycles. The van der Waals surface area contributed by atoms with Gasteiger partial charge in [-0.3, -0.25) is 0 Å². The van der Waals surface area contributed by atoms with Crippen molar-refractivity contribution in [1.82, 2.24) is 0 Å². The molecule has 1 fully saturated rings. The number of hydrogen-bond donors (Lipinski definition) is 1. The number of rotatable bonds is 5. The summed E-state index contributed by atoms with van der Waals surface area (Å²) in [7, 11) is 2.17. The molecule has 1 heterocycles. The van der Waals surface area contributed by atoms with Gasteiger partial charge in [-0.25, -0.2) is 0 Å². The third kappa shape index (κ3) is 4.47. The van der Waals surface area contributed by atoms with E-state index in [0.29, 0.717) is 5.92 Å². The standard InChI is InChI=1S/C16H25BrN2O/c1-12(18)8-14-5-6-15(17)9-16(14)19(2)10-13-4-3-7-20-11-13/h5-6,9,12-13H,3-4,7-8,10-11,18H2,1-2H3. The molecule has 3 nitrogen and oxygen atoms in total. The molecule has 112 valence electrons. The molecule has 1 saturated heterocycles. The van der Waals surface area contributed by atoms with Gasteiger partial charge in [0.25, 0.3) is 0 Å². The van der Waals surface area contributed by atoms with E-state index >= 15 is 0 Å². The maximum atomic E-state index is 5.97. The normalized spacial score (nSPS) is 20.7. The molecule has 2 unspecified atom stereocenters. The zero-order chi connectivity index (χ0) is 14.5. The Kier molecular flexibility index (Phi) is 5.87. The highest BCUT2D eigenvalue weighted by molar-refractivity contribution is 9.10. The summed E-state index contributed by atoms with van der Waals surface area (Å²) in [6.07, 6.45) is 3.36. The van der Waals surface area contributed by atoms with Crippen molar-refractivity contribution in [1.29, 1.82) is 0 Å². The van der Waals surface area contributed by atoms with Crippen molar-refractivity contribution in [3.63, 3.8) is 0 Å². The van der Waals surface area contributed by atoms with Crippen LogP contribution >= 0.6 is 15.9 Å². The third-order valence-corrected chi connectivity index (χ3v) is 4.28. The van der Waals surface area contributed by atoms with E-state index in [1.54, 1.807) is 0 Å².